The zero-order chi connectivity index (χ0) is 20.8. The summed E-state index contributed by atoms with van der Waals surface area (Å²) in [7, 11) is 2.10. The van der Waals surface area contributed by atoms with Crippen LogP contribution in [0, 0.1) is 5.92 Å². The van der Waals surface area contributed by atoms with E-state index in [1.165, 1.54) is 29.5 Å². The van der Waals surface area contributed by atoms with Crippen LogP contribution in [0.15, 0.2) is 54.6 Å². The summed E-state index contributed by atoms with van der Waals surface area (Å²) in [5, 5.41) is 0. The van der Waals surface area contributed by atoms with Crippen LogP contribution in [0.5, 0.6) is 0 Å². The minimum absolute atomic E-state index is 0.524. The third-order valence-corrected chi connectivity index (χ3v) is 5.52. The number of rotatable bonds is 9. The lowest BCUT2D eigenvalue weighted by atomic mass is 9.92. The molecule has 29 heavy (non-hydrogen) atoms. The van der Waals surface area contributed by atoms with Crippen molar-refractivity contribution >= 4 is 28.9 Å². The summed E-state index contributed by atoms with van der Waals surface area (Å²) in [6.07, 6.45) is 10.3. The van der Waals surface area contributed by atoms with E-state index in [0.717, 1.165) is 48.2 Å². The molecule has 2 aromatic carbocycles. The zero-order valence-electron chi connectivity index (χ0n) is 17.8. The molecule has 0 atom stereocenters. The average molecular weight is 389 g/mol. The predicted molar refractivity (Wildman–Crippen MR) is 125 cm³/mol. The Labute approximate surface area is 174 Å². The molecule has 3 rings (SSSR count). The van der Waals surface area contributed by atoms with Crippen molar-refractivity contribution in [3.63, 3.8) is 0 Å². The monoisotopic (exact) mass is 388 g/mol. The van der Waals surface area contributed by atoms with Crippen molar-refractivity contribution in [2.24, 2.45) is 5.92 Å². The van der Waals surface area contributed by atoms with Crippen LogP contribution in [0.1, 0.15) is 56.2 Å². The number of nitrogens with two attached hydrogens (primary N) is 1. The number of nitrogens with zero attached hydrogens (tertiary/aromatic N) is 1. The van der Waals surface area contributed by atoms with E-state index in [-0.39, 0.29) is 0 Å². The third-order valence-electron chi connectivity index (χ3n) is 5.52. The van der Waals surface area contributed by atoms with Crippen LogP contribution in [0.2, 0.25) is 0 Å². The number of carbonyl (C=O) groups excluding carboxylic acids is 1. The fraction of sp³-hybridized carbons (Fsp3) is 0.346. The lowest BCUT2D eigenvalue weighted by Gasteiger charge is -2.25. The summed E-state index contributed by atoms with van der Waals surface area (Å²) in [5.74, 6) is 0.524. The molecule has 3 nitrogen and oxygen atoms in total. The van der Waals surface area contributed by atoms with E-state index < -0.39 is 0 Å². The van der Waals surface area contributed by atoms with Gasteiger partial charge in [-0.1, -0.05) is 44.5 Å². The molecule has 0 radical (unpaired) electrons. The Hall–Kier alpha value is -2.81. The Morgan fingerprint density at radius 3 is 2.59 bits per heavy atom. The number of hydrogen-bond donors (Lipinski definition) is 1. The number of hydrogen-bond acceptors (Lipinski definition) is 3. The fourth-order valence-electron chi connectivity index (χ4n) is 3.92. The number of nitrogen functional groups attached to an aromatic ring is 1. The molecule has 1 aliphatic rings. The SMILES string of the molecule is CC/C=C(\c1cccc(N)c1)N(C)c1ccc(CCC)c(/C(=C\C=O)C2CC2)c1. The third kappa shape index (κ3) is 4.97. The highest BCUT2D eigenvalue weighted by molar-refractivity contribution is 5.87. The Morgan fingerprint density at radius 2 is 1.97 bits per heavy atom. The molecule has 1 saturated carbocycles. The van der Waals surface area contributed by atoms with Gasteiger partial charge in [0.05, 0.1) is 0 Å². The first-order valence-corrected chi connectivity index (χ1v) is 10.7. The van der Waals surface area contributed by atoms with Gasteiger partial charge in [-0.05, 0) is 84.2 Å². The second-order valence-corrected chi connectivity index (χ2v) is 7.81. The highest BCUT2D eigenvalue weighted by atomic mass is 16.1. The maximum atomic E-state index is 11.3. The van der Waals surface area contributed by atoms with Crippen molar-refractivity contribution < 1.29 is 4.79 Å². The number of aldehydes is 1. The summed E-state index contributed by atoms with van der Waals surface area (Å²) in [6, 6.07) is 14.7. The quantitative estimate of drug-likeness (QED) is 0.321. The largest absolute Gasteiger partial charge is 0.399 e. The molecule has 0 saturated heterocycles. The van der Waals surface area contributed by atoms with Crippen LogP contribution < -0.4 is 10.6 Å². The summed E-state index contributed by atoms with van der Waals surface area (Å²) in [6.45, 7) is 4.35. The molecule has 2 aromatic rings. The molecule has 0 heterocycles. The first kappa shape index (κ1) is 20.9. The Bertz CT molecular complexity index is 922. The van der Waals surface area contributed by atoms with E-state index in [1.807, 2.05) is 18.2 Å². The van der Waals surface area contributed by atoms with Crippen LogP contribution in [-0.4, -0.2) is 13.3 Å². The van der Waals surface area contributed by atoms with Gasteiger partial charge < -0.3 is 10.6 Å². The van der Waals surface area contributed by atoms with Crippen molar-refractivity contribution in [1.82, 2.24) is 0 Å². The first-order valence-electron chi connectivity index (χ1n) is 10.7. The molecule has 1 aliphatic carbocycles. The van der Waals surface area contributed by atoms with Gasteiger partial charge in [-0.3, -0.25) is 4.79 Å². The second kappa shape index (κ2) is 9.60. The van der Waals surface area contributed by atoms with E-state index in [9.17, 15) is 4.79 Å². The lowest BCUT2D eigenvalue weighted by Crippen LogP contribution is -2.16. The zero-order valence-corrected chi connectivity index (χ0v) is 17.8. The van der Waals surface area contributed by atoms with Crippen LogP contribution in [0.25, 0.3) is 11.3 Å². The van der Waals surface area contributed by atoms with Crippen molar-refractivity contribution in [3.8, 4) is 0 Å². The standard InChI is InChI=1S/C26H32N2O/c1-4-7-19-13-14-23(18-25(19)24(15-16-29)20-11-12-20)28(3)26(8-5-2)21-9-6-10-22(27)17-21/h6,8-10,13-18,20H,4-5,7,11-12,27H2,1-3H3/b24-15-,26-8+. The van der Waals surface area contributed by atoms with Crippen LogP contribution in [-0.2, 0) is 11.2 Å². The summed E-state index contributed by atoms with van der Waals surface area (Å²) in [5.41, 5.74) is 13.9. The summed E-state index contributed by atoms with van der Waals surface area (Å²) in [4.78, 5) is 13.5. The maximum Gasteiger partial charge on any atom is 0.143 e. The van der Waals surface area contributed by atoms with Gasteiger partial charge in [0, 0.05) is 24.1 Å². The molecule has 152 valence electrons. The maximum absolute atomic E-state index is 11.3. The summed E-state index contributed by atoms with van der Waals surface area (Å²) < 4.78 is 0. The van der Waals surface area contributed by atoms with Crippen molar-refractivity contribution in [2.75, 3.05) is 17.7 Å². The minimum Gasteiger partial charge on any atom is -0.399 e. The number of aryl methyl sites for hydroxylation is 1. The van der Waals surface area contributed by atoms with Crippen molar-refractivity contribution in [3.05, 3.63) is 71.3 Å². The van der Waals surface area contributed by atoms with Crippen LogP contribution >= 0.6 is 0 Å². The lowest BCUT2D eigenvalue weighted by molar-refractivity contribution is -0.104. The second-order valence-electron chi connectivity index (χ2n) is 7.81. The van der Waals surface area contributed by atoms with E-state index in [2.05, 4.69) is 56.1 Å². The molecular formula is C26H32N2O. The van der Waals surface area contributed by atoms with E-state index in [1.54, 1.807) is 6.08 Å². The normalized spacial score (nSPS) is 14.7. The van der Waals surface area contributed by atoms with Gasteiger partial charge in [0.1, 0.15) is 6.29 Å². The molecule has 0 unspecified atom stereocenters. The van der Waals surface area contributed by atoms with Crippen molar-refractivity contribution in [2.45, 2.75) is 46.0 Å². The molecule has 0 aromatic heterocycles. The molecule has 1 fully saturated rings. The fourth-order valence-corrected chi connectivity index (χ4v) is 3.92. The number of anilines is 2. The van der Waals surface area contributed by atoms with Crippen LogP contribution in [0.4, 0.5) is 11.4 Å². The van der Waals surface area contributed by atoms with E-state index >= 15 is 0 Å². The molecule has 0 aliphatic heterocycles. The van der Waals surface area contributed by atoms with Gasteiger partial charge in [-0.15, -0.1) is 0 Å². The number of allylic oxidation sites excluding steroid dienone is 3. The first-order chi connectivity index (χ1) is 14.1. The van der Waals surface area contributed by atoms with Gasteiger partial charge in [0.25, 0.3) is 0 Å². The van der Waals surface area contributed by atoms with Gasteiger partial charge in [0.15, 0.2) is 0 Å². The Kier molecular flexibility index (Phi) is 6.92. The number of benzene rings is 2. The van der Waals surface area contributed by atoms with Gasteiger partial charge >= 0.3 is 0 Å². The molecular weight excluding hydrogens is 356 g/mol. The van der Waals surface area contributed by atoms with E-state index in [4.69, 9.17) is 5.73 Å². The topological polar surface area (TPSA) is 46.3 Å². The smallest absolute Gasteiger partial charge is 0.143 e. The molecule has 0 bridgehead atoms. The molecule has 3 heteroatoms. The van der Waals surface area contributed by atoms with Crippen LogP contribution in [0.3, 0.4) is 0 Å². The van der Waals surface area contributed by atoms with Gasteiger partial charge in [-0.2, -0.15) is 0 Å². The molecule has 0 spiro atoms. The molecule has 0 amide bonds. The van der Waals surface area contributed by atoms with E-state index in [0.29, 0.717) is 5.92 Å². The Balaban J connectivity index is 2.05. The average Bonchev–Trinajstić information content (AvgIpc) is 3.55. The Morgan fingerprint density at radius 1 is 1.17 bits per heavy atom. The highest BCUT2D eigenvalue weighted by Gasteiger charge is 2.28. The predicted octanol–water partition coefficient (Wildman–Crippen LogP) is 6.10. The minimum atomic E-state index is 0.524. The van der Waals surface area contributed by atoms with Crippen molar-refractivity contribution in [1.29, 1.82) is 0 Å². The number of carbonyl (C=O) groups is 1. The summed E-state index contributed by atoms with van der Waals surface area (Å²) >= 11 is 0. The highest BCUT2D eigenvalue weighted by Crippen LogP contribution is 2.44. The van der Waals surface area contributed by atoms with Gasteiger partial charge in [-0.25, -0.2) is 0 Å². The van der Waals surface area contributed by atoms with Gasteiger partial charge in [0.2, 0.25) is 0 Å². The molecule has 2 N–H and O–H groups in total.